The van der Waals surface area contributed by atoms with Crippen molar-refractivity contribution >= 4 is 11.6 Å². The first-order chi connectivity index (χ1) is 8.74. The second-order valence-electron chi connectivity index (χ2n) is 4.48. The van der Waals surface area contributed by atoms with E-state index >= 15 is 0 Å². The molecule has 2 heterocycles. The van der Waals surface area contributed by atoms with Crippen LogP contribution in [0.25, 0.3) is 5.65 Å². The van der Waals surface area contributed by atoms with Crippen molar-refractivity contribution in [1.29, 1.82) is 0 Å². The molecule has 4 nitrogen and oxygen atoms in total. The van der Waals surface area contributed by atoms with E-state index in [9.17, 15) is 4.79 Å². The molecule has 4 heteroatoms. The number of imidazole rings is 1. The first-order valence-corrected chi connectivity index (χ1v) is 6.46. The predicted molar refractivity (Wildman–Crippen MR) is 71.6 cm³/mol. The van der Waals surface area contributed by atoms with E-state index in [-0.39, 0.29) is 5.91 Å². The smallest absolute Gasteiger partial charge is 0.271 e. The molecule has 1 N–H and O–H groups in total. The van der Waals surface area contributed by atoms with E-state index in [1.54, 1.807) is 6.20 Å². The maximum atomic E-state index is 12.0. The quantitative estimate of drug-likeness (QED) is 0.879. The Hall–Kier alpha value is -1.84. The Bertz CT molecular complexity index is 496. The van der Waals surface area contributed by atoms with Crippen molar-refractivity contribution < 1.29 is 4.79 Å². The highest BCUT2D eigenvalue weighted by Crippen LogP contribution is 2.07. The summed E-state index contributed by atoms with van der Waals surface area (Å²) >= 11 is 0. The van der Waals surface area contributed by atoms with Gasteiger partial charge in [0.05, 0.1) is 0 Å². The van der Waals surface area contributed by atoms with Gasteiger partial charge in [0.1, 0.15) is 11.3 Å². The van der Waals surface area contributed by atoms with Gasteiger partial charge in [0.2, 0.25) is 0 Å². The van der Waals surface area contributed by atoms with Gasteiger partial charge in [0.15, 0.2) is 0 Å². The van der Waals surface area contributed by atoms with Gasteiger partial charge >= 0.3 is 0 Å². The lowest BCUT2D eigenvalue weighted by atomic mass is 10.0. The Morgan fingerprint density at radius 1 is 1.39 bits per heavy atom. The molecule has 0 unspecified atom stereocenters. The molecule has 2 rings (SSSR count). The summed E-state index contributed by atoms with van der Waals surface area (Å²) in [4.78, 5) is 16.3. The lowest BCUT2D eigenvalue weighted by molar-refractivity contribution is 0.0942. The molecule has 0 aliphatic rings. The van der Waals surface area contributed by atoms with Crippen LogP contribution >= 0.6 is 0 Å². The Morgan fingerprint density at radius 3 is 2.83 bits per heavy atom. The van der Waals surface area contributed by atoms with Crippen LogP contribution in [0.3, 0.4) is 0 Å². The largest absolute Gasteiger partial charge is 0.350 e. The van der Waals surface area contributed by atoms with E-state index in [2.05, 4.69) is 24.1 Å². The third kappa shape index (κ3) is 2.70. The second-order valence-corrected chi connectivity index (χ2v) is 4.48. The average Bonchev–Trinajstić information content (AvgIpc) is 2.83. The van der Waals surface area contributed by atoms with E-state index < -0.39 is 0 Å². The SMILES string of the molecule is CCC(CC)CNC(=O)c1cn2ccccc2n1. The molecule has 0 aliphatic carbocycles. The summed E-state index contributed by atoms with van der Waals surface area (Å²) < 4.78 is 1.85. The molecule has 1 amide bonds. The minimum Gasteiger partial charge on any atom is -0.350 e. The van der Waals surface area contributed by atoms with Gasteiger partial charge in [0.25, 0.3) is 5.91 Å². The van der Waals surface area contributed by atoms with Gasteiger partial charge in [0, 0.05) is 18.9 Å². The van der Waals surface area contributed by atoms with Gasteiger partial charge in [-0.05, 0) is 18.1 Å². The van der Waals surface area contributed by atoms with Crippen LogP contribution in [-0.4, -0.2) is 21.8 Å². The highest BCUT2D eigenvalue weighted by molar-refractivity contribution is 5.92. The molecule has 0 bridgehead atoms. The number of hydrogen-bond donors (Lipinski definition) is 1. The van der Waals surface area contributed by atoms with Crippen LogP contribution in [0.2, 0.25) is 0 Å². The van der Waals surface area contributed by atoms with E-state index in [1.165, 1.54) is 0 Å². The van der Waals surface area contributed by atoms with Crippen LogP contribution in [0, 0.1) is 5.92 Å². The minimum atomic E-state index is -0.0920. The van der Waals surface area contributed by atoms with Crippen molar-refractivity contribution in [1.82, 2.24) is 14.7 Å². The zero-order valence-corrected chi connectivity index (χ0v) is 10.9. The van der Waals surface area contributed by atoms with Crippen LogP contribution in [0.4, 0.5) is 0 Å². The second kappa shape index (κ2) is 5.67. The fraction of sp³-hybridized carbons (Fsp3) is 0.429. The minimum absolute atomic E-state index is 0.0920. The number of nitrogens with zero attached hydrogens (tertiary/aromatic N) is 2. The van der Waals surface area contributed by atoms with Crippen molar-refractivity contribution in [2.24, 2.45) is 5.92 Å². The van der Waals surface area contributed by atoms with E-state index in [1.807, 2.05) is 28.8 Å². The van der Waals surface area contributed by atoms with Crippen LogP contribution in [0.15, 0.2) is 30.6 Å². The average molecular weight is 245 g/mol. The third-order valence-corrected chi connectivity index (χ3v) is 3.30. The van der Waals surface area contributed by atoms with Gasteiger partial charge in [-0.25, -0.2) is 4.98 Å². The number of fused-ring (bicyclic) bond motifs is 1. The molecule has 0 radical (unpaired) electrons. The molecule has 18 heavy (non-hydrogen) atoms. The number of nitrogens with one attached hydrogen (secondary N) is 1. The van der Waals surface area contributed by atoms with Crippen LogP contribution in [0.1, 0.15) is 37.2 Å². The standard InChI is InChI=1S/C14H19N3O/c1-3-11(4-2)9-15-14(18)12-10-17-8-6-5-7-13(17)16-12/h5-8,10-11H,3-4,9H2,1-2H3,(H,15,18). The number of amides is 1. The molecular weight excluding hydrogens is 226 g/mol. The topological polar surface area (TPSA) is 46.4 Å². The Balaban J connectivity index is 2.04. The Morgan fingerprint density at radius 2 is 2.17 bits per heavy atom. The molecule has 0 spiro atoms. The molecule has 2 aromatic rings. The zero-order valence-electron chi connectivity index (χ0n) is 10.9. The predicted octanol–water partition coefficient (Wildman–Crippen LogP) is 2.50. The summed E-state index contributed by atoms with van der Waals surface area (Å²) in [5.41, 5.74) is 1.28. The van der Waals surface area contributed by atoms with Crippen molar-refractivity contribution in [2.75, 3.05) is 6.54 Å². The first-order valence-electron chi connectivity index (χ1n) is 6.46. The third-order valence-electron chi connectivity index (χ3n) is 3.30. The molecule has 0 atom stereocenters. The Kier molecular flexibility index (Phi) is 3.97. The van der Waals surface area contributed by atoms with Crippen molar-refractivity contribution in [3.63, 3.8) is 0 Å². The number of pyridine rings is 1. The fourth-order valence-electron chi connectivity index (χ4n) is 1.95. The molecule has 0 saturated carbocycles. The van der Waals surface area contributed by atoms with E-state index in [4.69, 9.17) is 0 Å². The molecule has 0 fully saturated rings. The number of aromatic nitrogens is 2. The van der Waals surface area contributed by atoms with Crippen molar-refractivity contribution in [3.05, 3.63) is 36.3 Å². The summed E-state index contributed by atoms with van der Waals surface area (Å²) in [5, 5.41) is 2.95. The summed E-state index contributed by atoms with van der Waals surface area (Å²) in [6.45, 7) is 5.01. The van der Waals surface area contributed by atoms with Crippen LogP contribution in [0.5, 0.6) is 0 Å². The Labute approximate surface area is 107 Å². The lowest BCUT2D eigenvalue weighted by Crippen LogP contribution is -2.29. The van der Waals surface area contributed by atoms with Gasteiger partial charge in [-0.3, -0.25) is 4.79 Å². The van der Waals surface area contributed by atoms with Gasteiger partial charge < -0.3 is 9.72 Å². The summed E-state index contributed by atoms with van der Waals surface area (Å²) in [5.74, 6) is 0.455. The molecule has 0 aromatic carbocycles. The van der Waals surface area contributed by atoms with Crippen LogP contribution < -0.4 is 5.32 Å². The maximum Gasteiger partial charge on any atom is 0.271 e. The number of rotatable bonds is 5. The number of hydrogen-bond acceptors (Lipinski definition) is 2. The number of carbonyl (C=O) groups is 1. The first kappa shape index (κ1) is 12.6. The highest BCUT2D eigenvalue weighted by Gasteiger charge is 2.11. The van der Waals surface area contributed by atoms with Gasteiger partial charge in [-0.2, -0.15) is 0 Å². The molecule has 96 valence electrons. The summed E-state index contributed by atoms with van der Waals surface area (Å²) in [6.07, 6.45) is 5.82. The van der Waals surface area contributed by atoms with Crippen molar-refractivity contribution in [2.45, 2.75) is 26.7 Å². The van der Waals surface area contributed by atoms with E-state index in [0.29, 0.717) is 11.6 Å². The summed E-state index contributed by atoms with van der Waals surface area (Å²) in [6, 6.07) is 5.71. The monoisotopic (exact) mass is 245 g/mol. The number of carbonyl (C=O) groups excluding carboxylic acids is 1. The van der Waals surface area contributed by atoms with Crippen molar-refractivity contribution in [3.8, 4) is 0 Å². The lowest BCUT2D eigenvalue weighted by Gasteiger charge is -2.12. The normalized spacial score (nSPS) is 11.1. The zero-order chi connectivity index (χ0) is 13.0. The maximum absolute atomic E-state index is 12.0. The summed E-state index contributed by atoms with van der Waals surface area (Å²) in [7, 11) is 0. The van der Waals surface area contributed by atoms with Gasteiger partial charge in [-0.1, -0.05) is 32.8 Å². The molecule has 0 aliphatic heterocycles. The van der Waals surface area contributed by atoms with Gasteiger partial charge in [-0.15, -0.1) is 0 Å². The molecule has 2 aromatic heterocycles. The van der Waals surface area contributed by atoms with E-state index in [0.717, 1.165) is 25.0 Å². The molecular formula is C14H19N3O. The molecule has 0 saturated heterocycles. The fourth-order valence-corrected chi connectivity index (χ4v) is 1.95. The highest BCUT2D eigenvalue weighted by atomic mass is 16.1. The van der Waals surface area contributed by atoms with Crippen LogP contribution in [-0.2, 0) is 0 Å².